The number of rotatable bonds is 36. The van der Waals surface area contributed by atoms with Crippen molar-refractivity contribution in [3.63, 3.8) is 0 Å². The summed E-state index contributed by atoms with van der Waals surface area (Å²) in [6, 6.07) is 21.7. The average molecular weight is 1120 g/mol. The van der Waals surface area contributed by atoms with Gasteiger partial charge in [-0.2, -0.15) is 0 Å². The van der Waals surface area contributed by atoms with Crippen molar-refractivity contribution in [2.24, 2.45) is 0 Å². The maximum absolute atomic E-state index is 14.1. The Morgan fingerprint density at radius 3 is 1.71 bits per heavy atom. The maximum Gasteiger partial charge on any atom is 0.280 e. The zero-order chi connectivity index (χ0) is 54.3. The van der Waals surface area contributed by atoms with Crippen molar-refractivity contribution in [3.8, 4) is 34.5 Å². The van der Waals surface area contributed by atoms with Gasteiger partial charge in [-0.1, -0.05) is 170 Å². The third kappa shape index (κ3) is 19.4. The van der Waals surface area contributed by atoms with Crippen LogP contribution in [-0.2, 0) is 20.0 Å². The summed E-state index contributed by atoms with van der Waals surface area (Å²) in [5, 5.41) is 15.7. The molecule has 0 atom stereocenters. The standard InChI is InChI=1S/C56H76Cl2N8O8S2/c1-5-7-9-11-13-15-17-19-21-23-33-75(68,69)64-43-27-31-49(57)48(38-43)55(67)60-46-36-42(53-61-54-52(56(72-4)63-66(54)62-53)74-47-29-25-41(3)26-30-47)35-45(37-46)59-40-73-51-39-44(28-32-50(51)58)65-76(70,71)34-24-22-20-18-16-14-12-10-8-6-2/h25-32,35-39,59,64-65H,5-24,33-34,40H2,1-4H3,(H,60,67)(H,61,62). The number of halogens is 2. The van der Waals surface area contributed by atoms with Gasteiger partial charge in [0.05, 0.1) is 39.9 Å². The van der Waals surface area contributed by atoms with E-state index in [1.807, 2.05) is 31.2 Å². The molecule has 6 aromatic rings. The molecule has 76 heavy (non-hydrogen) atoms. The number of unbranched alkanes of at least 4 members (excludes halogenated alkanes) is 18. The van der Waals surface area contributed by atoms with E-state index >= 15 is 0 Å². The molecular formula is C56H76Cl2N8O8S2. The highest BCUT2D eigenvalue weighted by Crippen LogP contribution is 2.37. The van der Waals surface area contributed by atoms with Gasteiger partial charge in [0, 0.05) is 28.7 Å². The summed E-state index contributed by atoms with van der Waals surface area (Å²) in [7, 11) is -5.84. The first-order valence-corrected chi connectivity index (χ1v) is 30.9. The minimum atomic E-state index is -3.70. The summed E-state index contributed by atoms with van der Waals surface area (Å²) in [5.74, 6) is 0.998. The number of aryl methyl sites for hydroxylation is 1. The Morgan fingerprint density at radius 1 is 0.618 bits per heavy atom. The van der Waals surface area contributed by atoms with Crippen molar-refractivity contribution in [1.29, 1.82) is 0 Å². The van der Waals surface area contributed by atoms with Crippen molar-refractivity contribution in [3.05, 3.63) is 100 Å². The smallest absolute Gasteiger partial charge is 0.280 e. The van der Waals surface area contributed by atoms with Gasteiger partial charge in [0.2, 0.25) is 31.4 Å². The van der Waals surface area contributed by atoms with Crippen LogP contribution < -0.4 is 34.3 Å². The molecule has 6 rings (SSSR count). The molecule has 2 aromatic heterocycles. The predicted octanol–water partition coefficient (Wildman–Crippen LogP) is 15.2. The van der Waals surface area contributed by atoms with Crippen molar-refractivity contribution in [2.45, 2.75) is 149 Å². The van der Waals surface area contributed by atoms with Gasteiger partial charge in [-0.15, -0.1) is 14.8 Å². The second-order valence-electron chi connectivity index (χ2n) is 19.3. The van der Waals surface area contributed by atoms with E-state index in [1.165, 1.54) is 113 Å². The van der Waals surface area contributed by atoms with Crippen LogP contribution in [0.25, 0.3) is 17.0 Å². The fraction of sp³-hybridized carbons (Fsp3) is 0.482. The molecule has 0 bridgehead atoms. The first kappa shape index (κ1) is 59.6. The number of methoxy groups -OCH3 is 1. The molecule has 0 aliphatic heterocycles. The second kappa shape index (κ2) is 30.3. The molecule has 1 amide bonds. The number of carbonyl (C=O) groups excluding carboxylic acids is 1. The second-order valence-corrected chi connectivity index (χ2v) is 23.8. The van der Waals surface area contributed by atoms with Gasteiger partial charge in [0.1, 0.15) is 11.5 Å². The zero-order valence-corrected chi connectivity index (χ0v) is 47.6. The van der Waals surface area contributed by atoms with Crippen LogP contribution in [-0.4, -0.2) is 67.9 Å². The van der Waals surface area contributed by atoms with Gasteiger partial charge in [-0.3, -0.25) is 14.2 Å². The fourth-order valence-corrected chi connectivity index (χ4v) is 11.4. The Kier molecular flexibility index (Phi) is 23.7. The summed E-state index contributed by atoms with van der Waals surface area (Å²) in [4.78, 5) is 17.3. The summed E-state index contributed by atoms with van der Waals surface area (Å²) >= 11 is 13.1. The van der Waals surface area contributed by atoms with E-state index in [-0.39, 0.29) is 51.2 Å². The van der Waals surface area contributed by atoms with Crippen LogP contribution in [0.4, 0.5) is 22.7 Å². The minimum Gasteiger partial charge on any atom is -0.477 e. The van der Waals surface area contributed by atoms with Crippen molar-refractivity contribution < 1.29 is 35.8 Å². The van der Waals surface area contributed by atoms with Crippen LogP contribution >= 0.6 is 23.2 Å². The number of carbonyl (C=O) groups is 1. The molecule has 0 aliphatic rings. The van der Waals surface area contributed by atoms with Crippen LogP contribution in [0.3, 0.4) is 0 Å². The molecule has 2 heterocycles. The largest absolute Gasteiger partial charge is 0.477 e. The fourth-order valence-electron chi connectivity index (χ4n) is 8.66. The SMILES string of the molecule is CCCCCCCCCCCCS(=O)(=O)Nc1ccc(Cl)c(OCNc2cc(NC(=O)c3cc(NS(=O)(=O)CCCCCCCCCCCC)ccc3Cl)cc(-c3nn4nc(OC)c(Oc5ccc(C)cc5)c4[nH]3)c2)c1. The Bertz CT molecular complexity index is 3010. The average Bonchev–Trinajstić information content (AvgIpc) is 3.97. The molecule has 0 spiro atoms. The van der Waals surface area contributed by atoms with Gasteiger partial charge < -0.3 is 29.8 Å². The molecule has 4 aromatic carbocycles. The number of nitrogens with zero attached hydrogens (tertiary/aromatic N) is 3. The highest BCUT2D eigenvalue weighted by molar-refractivity contribution is 7.92. The van der Waals surface area contributed by atoms with Gasteiger partial charge in [0.25, 0.3) is 11.8 Å². The molecule has 414 valence electrons. The number of hydrogen-bond acceptors (Lipinski definition) is 11. The van der Waals surface area contributed by atoms with E-state index in [9.17, 15) is 21.6 Å². The number of amides is 1. The molecule has 0 saturated heterocycles. The quantitative estimate of drug-likeness (QED) is 0.0185. The van der Waals surface area contributed by atoms with Gasteiger partial charge in [-0.25, -0.2) is 16.8 Å². The number of hydrogen-bond donors (Lipinski definition) is 5. The molecule has 0 radical (unpaired) electrons. The number of aromatic amines is 1. The van der Waals surface area contributed by atoms with Gasteiger partial charge in [0.15, 0.2) is 12.6 Å². The van der Waals surface area contributed by atoms with E-state index in [0.29, 0.717) is 58.4 Å². The lowest BCUT2D eigenvalue weighted by Crippen LogP contribution is -2.18. The van der Waals surface area contributed by atoms with E-state index in [2.05, 4.69) is 49.1 Å². The first-order valence-electron chi connectivity index (χ1n) is 26.9. The van der Waals surface area contributed by atoms with Gasteiger partial charge >= 0.3 is 0 Å². The first-order chi connectivity index (χ1) is 36.7. The van der Waals surface area contributed by atoms with E-state index < -0.39 is 26.0 Å². The lowest BCUT2D eigenvalue weighted by atomic mass is 10.1. The lowest BCUT2D eigenvalue weighted by Gasteiger charge is -2.15. The topological polar surface area (TPSA) is 207 Å². The Hall–Kier alpha value is -5.69. The Balaban J connectivity index is 1.15. The number of nitrogens with one attached hydrogen (secondary N) is 5. The molecule has 0 fully saturated rings. The van der Waals surface area contributed by atoms with Gasteiger partial charge in [-0.05, 0) is 80.4 Å². The Morgan fingerprint density at radius 2 is 1.14 bits per heavy atom. The van der Waals surface area contributed by atoms with Crippen molar-refractivity contribution in [1.82, 2.24) is 19.8 Å². The molecule has 0 unspecified atom stereocenters. The number of fused-ring (bicyclic) bond motifs is 1. The lowest BCUT2D eigenvalue weighted by molar-refractivity contribution is 0.102. The highest BCUT2D eigenvalue weighted by atomic mass is 35.5. The zero-order valence-electron chi connectivity index (χ0n) is 44.4. The van der Waals surface area contributed by atoms with Crippen molar-refractivity contribution >= 4 is 77.6 Å². The van der Waals surface area contributed by atoms with E-state index in [4.69, 9.17) is 37.4 Å². The summed E-state index contributed by atoms with van der Waals surface area (Å²) in [6.07, 6.45) is 21.8. The van der Waals surface area contributed by atoms with E-state index in [1.54, 1.807) is 30.3 Å². The summed E-state index contributed by atoms with van der Waals surface area (Å²) < 4.78 is 76.8. The van der Waals surface area contributed by atoms with Crippen molar-refractivity contribution in [2.75, 3.05) is 45.4 Å². The molecule has 20 heteroatoms. The molecule has 0 aliphatic carbocycles. The molecular weight excluding hydrogens is 1050 g/mol. The van der Waals surface area contributed by atoms with Crippen LogP contribution in [0.1, 0.15) is 158 Å². The third-order valence-electron chi connectivity index (χ3n) is 12.9. The van der Waals surface area contributed by atoms with Crippen LogP contribution in [0.5, 0.6) is 23.1 Å². The number of ether oxygens (including phenoxy) is 3. The highest BCUT2D eigenvalue weighted by Gasteiger charge is 2.22. The molecule has 5 N–H and O–H groups in total. The number of sulfonamides is 2. The predicted molar refractivity (Wildman–Crippen MR) is 309 cm³/mol. The number of H-pyrrole nitrogens is 1. The number of benzene rings is 4. The van der Waals surface area contributed by atoms with Crippen LogP contribution in [0, 0.1) is 6.92 Å². The Labute approximate surface area is 459 Å². The third-order valence-corrected chi connectivity index (χ3v) is 16.2. The van der Waals surface area contributed by atoms with Crippen LogP contribution in [0.2, 0.25) is 10.0 Å². The monoisotopic (exact) mass is 1120 g/mol. The van der Waals surface area contributed by atoms with Crippen LogP contribution in [0.15, 0.2) is 78.9 Å². The summed E-state index contributed by atoms with van der Waals surface area (Å²) in [5.41, 5.74) is 3.31. The summed E-state index contributed by atoms with van der Waals surface area (Å²) in [6.45, 7) is 6.26. The maximum atomic E-state index is 14.1. The normalized spacial score (nSPS) is 11.7. The minimum absolute atomic E-state index is 0.00513. The van der Waals surface area contributed by atoms with E-state index in [0.717, 1.165) is 44.1 Å². The molecule has 0 saturated carbocycles. The number of anilines is 4. The number of aromatic nitrogens is 4. The molecule has 16 nitrogen and oxygen atoms in total.